The van der Waals surface area contributed by atoms with E-state index in [2.05, 4.69) is 30.7 Å². The number of carbonyl (C=O) groups excluding carboxylic acids is 2. The summed E-state index contributed by atoms with van der Waals surface area (Å²) in [5.41, 5.74) is 2.23. The van der Waals surface area contributed by atoms with Crippen LogP contribution in [0.4, 0.5) is 11.4 Å². The Morgan fingerprint density at radius 2 is 1.80 bits per heavy atom. The van der Waals surface area contributed by atoms with Gasteiger partial charge in [-0.05, 0) is 62.1 Å². The van der Waals surface area contributed by atoms with Crippen molar-refractivity contribution >= 4 is 44.3 Å². The smallest absolute Gasteiger partial charge is 0.303 e. The van der Waals surface area contributed by atoms with Crippen molar-refractivity contribution < 1.29 is 27.5 Å². The number of hydrogen-bond donors (Lipinski definition) is 1. The minimum atomic E-state index is -3.94. The number of esters is 1. The monoisotopic (exact) mass is 570 g/mol. The highest BCUT2D eigenvalue weighted by molar-refractivity contribution is 7.92. The van der Waals surface area contributed by atoms with E-state index in [1.807, 2.05) is 12.1 Å². The molecule has 0 aliphatic carbocycles. The first-order valence-electron chi connectivity index (χ1n) is 13.5. The van der Waals surface area contributed by atoms with Crippen LogP contribution >= 0.6 is 0 Å². The topological polar surface area (TPSA) is 120 Å². The van der Waals surface area contributed by atoms with Crippen LogP contribution in [-0.2, 0) is 41.0 Å². The Kier molecular flexibility index (Phi) is 8.84. The first-order valence-corrected chi connectivity index (χ1v) is 15.0. The third-order valence-corrected chi connectivity index (χ3v) is 8.80. The van der Waals surface area contributed by atoms with Crippen molar-refractivity contribution in [2.24, 2.45) is 5.92 Å². The lowest BCUT2D eigenvalue weighted by molar-refractivity contribution is -0.144. The van der Waals surface area contributed by atoms with Crippen LogP contribution in [0.5, 0.6) is 0 Å². The normalized spacial score (nSPS) is 14.7. The lowest BCUT2D eigenvalue weighted by Crippen LogP contribution is -2.31. The van der Waals surface area contributed by atoms with Crippen LogP contribution < -0.4 is 9.62 Å². The first-order chi connectivity index (χ1) is 18.9. The molecular formula is C29H38N4O6S. The lowest BCUT2D eigenvalue weighted by Gasteiger charge is -2.26. The SMILES string of the molecule is CCN(c1cccc2c1nc(C(C)(C)C)n2CC1CCOCC1)S(=O)(=O)c1ccc(NC(=O)COC(C)=O)cc1. The number of rotatable bonds is 9. The fourth-order valence-electron chi connectivity index (χ4n) is 4.95. The number of fused-ring (bicyclic) bond motifs is 1. The Morgan fingerprint density at radius 1 is 1.12 bits per heavy atom. The van der Waals surface area contributed by atoms with Crippen LogP contribution in [0.25, 0.3) is 11.0 Å². The number of hydrogen-bond acceptors (Lipinski definition) is 7. The molecule has 1 aliphatic rings. The average molecular weight is 571 g/mol. The van der Waals surface area contributed by atoms with Crippen molar-refractivity contribution in [3.63, 3.8) is 0 Å². The standard InChI is InChI=1S/C29H38N4O6S/c1-6-33(40(36,37)23-12-10-22(11-13-23)30-26(35)19-39-20(2)34)25-9-7-8-24-27(25)31-28(29(3,4)5)32(24)18-21-14-16-38-17-15-21/h7-13,21H,6,14-19H2,1-5H3,(H,30,35). The minimum Gasteiger partial charge on any atom is -0.456 e. The Labute approximate surface area is 235 Å². The average Bonchev–Trinajstić information content (AvgIpc) is 3.28. The van der Waals surface area contributed by atoms with Gasteiger partial charge in [0.1, 0.15) is 11.3 Å². The van der Waals surface area contributed by atoms with Crippen LogP contribution in [0, 0.1) is 5.92 Å². The quantitative estimate of drug-likeness (QED) is 0.377. The summed E-state index contributed by atoms with van der Waals surface area (Å²) in [7, 11) is -3.94. The summed E-state index contributed by atoms with van der Waals surface area (Å²) in [4.78, 5) is 28.0. The van der Waals surface area contributed by atoms with E-state index in [1.54, 1.807) is 13.0 Å². The third kappa shape index (κ3) is 6.47. The molecule has 40 heavy (non-hydrogen) atoms. The molecule has 0 unspecified atom stereocenters. The van der Waals surface area contributed by atoms with Crippen molar-refractivity contribution in [2.45, 2.75) is 64.3 Å². The van der Waals surface area contributed by atoms with Gasteiger partial charge in [0.15, 0.2) is 6.61 Å². The molecule has 0 bridgehead atoms. The molecule has 1 aliphatic heterocycles. The van der Waals surface area contributed by atoms with E-state index in [4.69, 9.17) is 14.5 Å². The highest BCUT2D eigenvalue weighted by atomic mass is 32.2. The van der Waals surface area contributed by atoms with E-state index in [0.717, 1.165) is 43.9 Å². The van der Waals surface area contributed by atoms with Gasteiger partial charge >= 0.3 is 5.97 Å². The van der Waals surface area contributed by atoms with Crippen molar-refractivity contribution in [1.82, 2.24) is 9.55 Å². The zero-order valence-corrected chi connectivity index (χ0v) is 24.6. The number of nitrogens with zero attached hydrogens (tertiary/aromatic N) is 3. The number of anilines is 2. The molecule has 1 N–H and O–H groups in total. The molecule has 2 aromatic carbocycles. The lowest BCUT2D eigenvalue weighted by atomic mass is 9.94. The second kappa shape index (κ2) is 12.0. The van der Waals surface area contributed by atoms with Gasteiger partial charge in [0.05, 0.1) is 16.1 Å². The van der Waals surface area contributed by atoms with Gasteiger partial charge in [0, 0.05) is 44.3 Å². The predicted octanol–water partition coefficient (Wildman–Crippen LogP) is 4.48. The highest BCUT2D eigenvalue weighted by Crippen LogP contribution is 2.35. The number of aromatic nitrogens is 2. The molecule has 0 atom stereocenters. The van der Waals surface area contributed by atoms with Crippen LogP contribution in [0.2, 0.25) is 0 Å². The maximum atomic E-state index is 13.9. The third-order valence-electron chi connectivity index (χ3n) is 6.90. The maximum Gasteiger partial charge on any atom is 0.303 e. The van der Waals surface area contributed by atoms with Gasteiger partial charge < -0.3 is 19.4 Å². The molecular weight excluding hydrogens is 532 g/mol. The Hall–Kier alpha value is -3.44. The van der Waals surface area contributed by atoms with Crippen LogP contribution in [0.3, 0.4) is 0 Å². The fourth-order valence-corrected chi connectivity index (χ4v) is 6.43. The summed E-state index contributed by atoms with van der Waals surface area (Å²) >= 11 is 0. The molecule has 1 amide bonds. The first kappa shape index (κ1) is 29.5. The Balaban J connectivity index is 1.68. The van der Waals surface area contributed by atoms with Gasteiger partial charge in [0.2, 0.25) is 0 Å². The van der Waals surface area contributed by atoms with Crippen molar-refractivity contribution in [2.75, 3.05) is 36.0 Å². The zero-order chi connectivity index (χ0) is 29.1. The second-order valence-corrected chi connectivity index (χ2v) is 12.9. The molecule has 0 saturated carbocycles. The second-order valence-electron chi connectivity index (χ2n) is 11.0. The molecule has 0 radical (unpaired) electrons. The van der Waals surface area contributed by atoms with Crippen molar-refractivity contribution in [1.29, 1.82) is 0 Å². The summed E-state index contributed by atoms with van der Waals surface area (Å²) in [6, 6.07) is 11.6. The number of ether oxygens (including phenoxy) is 2. The number of amides is 1. The largest absolute Gasteiger partial charge is 0.456 e. The Bertz CT molecular complexity index is 1470. The summed E-state index contributed by atoms with van der Waals surface area (Å²) < 4.78 is 41.6. The zero-order valence-electron chi connectivity index (χ0n) is 23.8. The van der Waals surface area contributed by atoms with Crippen LogP contribution in [-0.4, -0.2) is 56.2 Å². The van der Waals surface area contributed by atoms with E-state index < -0.39 is 28.5 Å². The number of carbonyl (C=O) groups is 2. The molecule has 1 saturated heterocycles. The molecule has 4 rings (SSSR count). The molecule has 2 heterocycles. The van der Waals surface area contributed by atoms with Gasteiger partial charge in [-0.15, -0.1) is 0 Å². The van der Waals surface area contributed by atoms with Gasteiger partial charge in [-0.25, -0.2) is 13.4 Å². The van der Waals surface area contributed by atoms with Crippen LogP contribution in [0.15, 0.2) is 47.4 Å². The predicted molar refractivity (Wildman–Crippen MR) is 154 cm³/mol. The van der Waals surface area contributed by atoms with Gasteiger partial charge in [-0.1, -0.05) is 26.8 Å². The number of benzene rings is 2. The number of imidazole rings is 1. The summed E-state index contributed by atoms with van der Waals surface area (Å²) in [5.74, 6) is 0.312. The number of nitrogens with one attached hydrogen (secondary N) is 1. The number of sulfonamides is 1. The van der Waals surface area contributed by atoms with E-state index in [9.17, 15) is 18.0 Å². The van der Waals surface area contributed by atoms with Crippen molar-refractivity contribution in [3.8, 4) is 0 Å². The van der Waals surface area contributed by atoms with E-state index in [-0.39, 0.29) is 16.9 Å². The van der Waals surface area contributed by atoms with Gasteiger partial charge in [0.25, 0.3) is 15.9 Å². The molecule has 1 fully saturated rings. The molecule has 0 spiro atoms. The molecule has 1 aromatic heterocycles. The molecule has 11 heteroatoms. The van der Waals surface area contributed by atoms with E-state index in [1.165, 1.54) is 35.5 Å². The minimum absolute atomic E-state index is 0.0852. The molecule has 3 aromatic rings. The van der Waals surface area contributed by atoms with Gasteiger partial charge in [-0.3, -0.25) is 13.9 Å². The maximum absolute atomic E-state index is 13.9. The van der Waals surface area contributed by atoms with Gasteiger partial charge in [-0.2, -0.15) is 0 Å². The molecule has 10 nitrogen and oxygen atoms in total. The van der Waals surface area contributed by atoms with E-state index >= 15 is 0 Å². The van der Waals surface area contributed by atoms with Crippen LogP contribution in [0.1, 0.15) is 53.3 Å². The summed E-state index contributed by atoms with van der Waals surface area (Å²) in [5, 5.41) is 2.59. The van der Waals surface area contributed by atoms with E-state index in [0.29, 0.717) is 22.8 Å². The number of para-hydroxylation sites is 1. The summed E-state index contributed by atoms with van der Waals surface area (Å²) in [6.07, 6.45) is 1.97. The Morgan fingerprint density at radius 3 is 2.40 bits per heavy atom. The molecule has 216 valence electrons. The summed E-state index contributed by atoms with van der Waals surface area (Å²) in [6.45, 7) is 11.5. The highest BCUT2D eigenvalue weighted by Gasteiger charge is 2.30. The fraction of sp³-hybridized carbons (Fsp3) is 0.483. The van der Waals surface area contributed by atoms with Crippen molar-refractivity contribution in [3.05, 3.63) is 48.3 Å².